The van der Waals surface area contributed by atoms with E-state index in [4.69, 9.17) is 0 Å². The van der Waals surface area contributed by atoms with E-state index in [1.165, 1.54) is 12.0 Å². The predicted molar refractivity (Wildman–Crippen MR) is 106 cm³/mol. The zero-order valence-electron chi connectivity index (χ0n) is 16.6. The minimum absolute atomic E-state index is 0.0679. The average molecular weight is 359 g/mol. The van der Waals surface area contributed by atoms with Crippen molar-refractivity contribution in [2.45, 2.75) is 52.4 Å². The van der Waals surface area contributed by atoms with Crippen LogP contribution >= 0.6 is 0 Å². The fourth-order valence-electron chi connectivity index (χ4n) is 3.64. The first-order chi connectivity index (χ1) is 12.5. The Balaban J connectivity index is 1.74. The summed E-state index contributed by atoms with van der Waals surface area (Å²) < 4.78 is 0. The van der Waals surface area contributed by atoms with Crippen LogP contribution < -0.4 is 5.32 Å². The molecule has 144 valence electrons. The summed E-state index contributed by atoms with van der Waals surface area (Å²) in [5.74, 6) is 1.52. The maximum Gasteiger partial charge on any atom is 0.223 e. The van der Waals surface area contributed by atoms with E-state index in [0.717, 1.165) is 50.4 Å². The highest BCUT2D eigenvalue weighted by molar-refractivity contribution is 5.98. The average Bonchev–Trinajstić information content (AvgIpc) is 2.64. The SMILES string of the molecule is CNCCC1CCN(C(=O)CCC(=O)c2ccc(CC(C)C)cc2)CC1. The molecule has 4 nitrogen and oxygen atoms in total. The molecule has 0 radical (unpaired) electrons. The van der Waals surface area contributed by atoms with Gasteiger partial charge in [-0.15, -0.1) is 0 Å². The van der Waals surface area contributed by atoms with Crippen molar-refractivity contribution in [3.63, 3.8) is 0 Å². The van der Waals surface area contributed by atoms with E-state index in [0.29, 0.717) is 18.8 Å². The van der Waals surface area contributed by atoms with Crippen molar-refractivity contribution in [1.82, 2.24) is 10.2 Å². The molecule has 1 aliphatic heterocycles. The summed E-state index contributed by atoms with van der Waals surface area (Å²) in [6.45, 7) is 7.10. The number of carbonyl (C=O) groups is 2. The quantitative estimate of drug-likeness (QED) is 0.685. The number of ketones is 1. The van der Waals surface area contributed by atoms with Crippen LogP contribution in [0.25, 0.3) is 0 Å². The second-order valence-electron chi connectivity index (χ2n) is 7.93. The lowest BCUT2D eigenvalue weighted by atomic mass is 9.93. The molecule has 1 amide bonds. The second kappa shape index (κ2) is 10.5. The fraction of sp³-hybridized carbons (Fsp3) is 0.636. The lowest BCUT2D eigenvalue weighted by Gasteiger charge is -2.32. The third-order valence-corrected chi connectivity index (χ3v) is 5.26. The number of carbonyl (C=O) groups excluding carboxylic acids is 2. The predicted octanol–water partition coefficient (Wildman–Crippen LogP) is 3.70. The van der Waals surface area contributed by atoms with Crippen LogP contribution in [0.4, 0.5) is 0 Å². The molecule has 1 fully saturated rings. The Morgan fingerprint density at radius 3 is 2.35 bits per heavy atom. The highest BCUT2D eigenvalue weighted by atomic mass is 16.2. The Kier molecular flexibility index (Phi) is 8.30. The third kappa shape index (κ3) is 6.56. The number of Topliss-reactive ketones (excluding diaryl/α,β-unsaturated/α-hetero) is 1. The normalized spacial score (nSPS) is 15.5. The summed E-state index contributed by atoms with van der Waals surface area (Å²) in [5, 5.41) is 3.19. The largest absolute Gasteiger partial charge is 0.343 e. The van der Waals surface area contributed by atoms with Crippen molar-refractivity contribution >= 4 is 11.7 Å². The standard InChI is InChI=1S/C22H34N2O2/c1-17(2)16-19-4-6-20(7-5-19)21(25)8-9-22(26)24-14-11-18(12-15-24)10-13-23-3/h4-7,17-18,23H,8-16H2,1-3H3. The minimum Gasteiger partial charge on any atom is -0.343 e. The van der Waals surface area contributed by atoms with Gasteiger partial charge in [-0.3, -0.25) is 9.59 Å². The molecule has 1 aromatic rings. The minimum atomic E-state index is 0.0679. The van der Waals surface area contributed by atoms with Gasteiger partial charge in [-0.1, -0.05) is 38.1 Å². The van der Waals surface area contributed by atoms with Gasteiger partial charge in [-0.05, 0) is 56.7 Å². The van der Waals surface area contributed by atoms with Crippen LogP contribution in [0.15, 0.2) is 24.3 Å². The lowest BCUT2D eigenvalue weighted by molar-refractivity contribution is -0.132. The third-order valence-electron chi connectivity index (χ3n) is 5.26. The number of nitrogens with zero attached hydrogens (tertiary/aromatic N) is 1. The first-order valence-corrected chi connectivity index (χ1v) is 10.0. The molecule has 1 heterocycles. The summed E-state index contributed by atoms with van der Waals surface area (Å²) in [7, 11) is 1.98. The van der Waals surface area contributed by atoms with Crippen LogP contribution in [-0.2, 0) is 11.2 Å². The van der Waals surface area contributed by atoms with E-state index in [9.17, 15) is 9.59 Å². The second-order valence-corrected chi connectivity index (χ2v) is 7.93. The van der Waals surface area contributed by atoms with Gasteiger partial charge in [0.05, 0.1) is 0 Å². The molecule has 0 atom stereocenters. The zero-order valence-corrected chi connectivity index (χ0v) is 16.6. The van der Waals surface area contributed by atoms with Gasteiger partial charge in [0.25, 0.3) is 0 Å². The smallest absolute Gasteiger partial charge is 0.223 e. The van der Waals surface area contributed by atoms with Crippen LogP contribution in [0.5, 0.6) is 0 Å². The van der Waals surface area contributed by atoms with Crippen LogP contribution in [0, 0.1) is 11.8 Å². The molecule has 0 unspecified atom stereocenters. The van der Waals surface area contributed by atoms with Crippen molar-refractivity contribution in [3.05, 3.63) is 35.4 Å². The highest BCUT2D eigenvalue weighted by Gasteiger charge is 2.22. The summed E-state index contributed by atoms with van der Waals surface area (Å²) in [6.07, 6.45) is 5.01. The molecular weight excluding hydrogens is 324 g/mol. The van der Waals surface area contributed by atoms with Gasteiger partial charge in [-0.2, -0.15) is 0 Å². The van der Waals surface area contributed by atoms with Crippen LogP contribution in [0.1, 0.15) is 61.9 Å². The van der Waals surface area contributed by atoms with Crippen molar-refractivity contribution < 1.29 is 9.59 Å². The maximum atomic E-state index is 12.4. The van der Waals surface area contributed by atoms with Gasteiger partial charge >= 0.3 is 0 Å². The monoisotopic (exact) mass is 358 g/mol. The van der Waals surface area contributed by atoms with E-state index in [-0.39, 0.29) is 11.7 Å². The molecule has 26 heavy (non-hydrogen) atoms. The molecule has 4 heteroatoms. The van der Waals surface area contributed by atoms with Gasteiger partial charge in [-0.25, -0.2) is 0 Å². The number of nitrogens with one attached hydrogen (secondary N) is 1. The van der Waals surface area contributed by atoms with Crippen LogP contribution in [0.2, 0.25) is 0 Å². The Hall–Kier alpha value is -1.68. The zero-order chi connectivity index (χ0) is 18.9. The summed E-state index contributed by atoms with van der Waals surface area (Å²) in [5.41, 5.74) is 1.98. The Morgan fingerprint density at radius 1 is 1.12 bits per heavy atom. The van der Waals surface area contributed by atoms with Gasteiger partial charge in [0.1, 0.15) is 0 Å². The van der Waals surface area contributed by atoms with E-state index in [1.807, 2.05) is 36.2 Å². The van der Waals surface area contributed by atoms with Crippen LogP contribution in [0.3, 0.4) is 0 Å². The first-order valence-electron chi connectivity index (χ1n) is 10.0. The molecule has 1 N–H and O–H groups in total. The lowest BCUT2D eigenvalue weighted by Crippen LogP contribution is -2.39. The van der Waals surface area contributed by atoms with Crippen molar-refractivity contribution in [2.75, 3.05) is 26.7 Å². The van der Waals surface area contributed by atoms with Crippen LogP contribution in [-0.4, -0.2) is 43.3 Å². The molecule has 0 bridgehead atoms. The number of benzene rings is 1. The number of piperidine rings is 1. The van der Waals surface area contributed by atoms with Crippen molar-refractivity contribution in [2.24, 2.45) is 11.8 Å². The maximum absolute atomic E-state index is 12.4. The Bertz CT molecular complexity index is 572. The molecule has 0 aromatic heterocycles. The van der Waals surface area contributed by atoms with E-state index < -0.39 is 0 Å². The van der Waals surface area contributed by atoms with E-state index >= 15 is 0 Å². The van der Waals surface area contributed by atoms with Gasteiger partial charge < -0.3 is 10.2 Å². The Labute approximate surface area is 158 Å². The number of rotatable bonds is 9. The summed E-state index contributed by atoms with van der Waals surface area (Å²) in [4.78, 5) is 26.7. The van der Waals surface area contributed by atoms with E-state index in [2.05, 4.69) is 19.2 Å². The molecular formula is C22H34N2O2. The summed E-state index contributed by atoms with van der Waals surface area (Å²) in [6, 6.07) is 7.87. The van der Waals surface area contributed by atoms with Crippen molar-refractivity contribution in [3.8, 4) is 0 Å². The van der Waals surface area contributed by atoms with Gasteiger partial charge in [0, 0.05) is 31.5 Å². The van der Waals surface area contributed by atoms with Gasteiger partial charge in [0.2, 0.25) is 5.91 Å². The van der Waals surface area contributed by atoms with E-state index in [1.54, 1.807) is 0 Å². The molecule has 2 rings (SSSR count). The molecule has 1 saturated heterocycles. The Morgan fingerprint density at radius 2 is 1.77 bits per heavy atom. The van der Waals surface area contributed by atoms with Gasteiger partial charge in [0.15, 0.2) is 5.78 Å². The topological polar surface area (TPSA) is 49.4 Å². The highest BCUT2D eigenvalue weighted by Crippen LogP contribution is 2.21. The fourth-order valence-corrected chi connectivity index (χ4v) is 3.64. The number of likely N-dealkylation sites (tertiary alicyclic amines) is 1. The molecule has 0 saturated carbocycles. The molecule has 1 aliphatic rings. The summed E-state index contributed by atoms with van der Waals surface area (Å²) >= 11 is 0. The number of amides is 1. The molecule has 1 aromatic carbocycles. The van der Waals surface area contributed by atoms with Crippen molar-refractivity contribution in [1.29, 1.82) is 0 Å². The number of hydrogen-bond donors (Lipinski definition) is 1. The number of hydrogen-bond acceptors (Lipinski definition) is 3. The molecule has 0 spiro atoms. The molecule has 0 aliphatic carbocycles. The first kappa shape index (κ1) is 20.6.